The second-order valence-electron chi connectivity index (χ2n) is 6.48. The van der Waals surface area contributed by atoms with Gasteiger partial charge >= 0.3 is 0 Å². The quantitative estimate of drug-likeness (QED) is 0.547. The number of carbonyl (C=O) groups excluding carboxylic acids is 1. The second kappa shape index (κ2) is 7.47. The fraction of sp³-hybridized carbons (Fsp3) is 0.0870. The molecular weight excluding hydrogens is 348 g/mol. The molecule has 2 aromatic carbocycles. The fourth-order valence-electron chi connectivity index (χ4n) is 3.44. The zero-order chi connectivity index (χ0) is 19.5. The van der Waals surface area contributed by atoms with Crippen LogP contribution in [0.2, 0.25) is 0 Å². The molecule has 0 spiro atoms. The smallest absolute Gasteiger partial charge is 0.232 e. The first-order valence-electron chi connectivity index (χ1n) is 9.01. The van der Waals surface area contributed by atoms with E-state index in [0.717, 1.165) is 32.8 Å². The van der Waals surface area contributed by atoms with Crippen molar-refractivity contribution in [2.45, 2.75) is 6.42 Å². The lowest BCUT2D eigenvalue weighted by Gasteiger charge is -2.03. The number of fused-ring (bicyclic) bond motifs is 2. The summed E-state index contributed by atoms with van der Waals surface area (Å²) in [6.45, 7) is 0.283. The van der Waals surface area contributed by atoms with Gasteiger partial charge in [0, 0.05) is 47.9 Å². The highest BCUT2D eigenvalue weighted by Gasteiger charge is 2.16. The molecule has 0 saturated heterocycles. The number of carbonyl (C=O) groups is 1. The lowest BCUT2D eigenvalue weighted by molar-refractivity contribution is 0.0911. The van der Waals surface area contributed by atoms with Crippen LogP contribution in [-0.2, 0) is 0 Å². The summed E-state index contributed by atoms with van der Waals surface area (Å²) >= 11 is 0. The maximum Gasteiger partial charge on any atom is 0.232 e. The number of rotatable bonds is 4. The molecule has 0 amide bonds. The summed E-state index contributed by atoms with van der Waals surface area (Å²) in [4.78, 5) is 16.6. The number of allylic oxidation sites excluding steroid dienone is 1. The second-order valence-corrected chi connectivity index (χ2v) is 6.48. The monoisotopic (exact) mass is 366 g/mol. The lowest BCUT2D eigenvalue weighted by atomic mass is 10.00. The molecule has 0 unspecified atom stereocenters. The molecule has 4 aromatic rings. The van der Waals surface area contributed by atoms with Gasteiger partial charge in [0.1, 0.15) is 0 Å². The zero-order valence-corrected chi connectivity index (χ0v) is 15.2. The number of nitrogens with two attached hydrogens (primary N) is 1. The summed E-state index contributed by atoms with van der Waals surface area (Å²) in [7, 11) is 0. The average Bonchev–Trinajstić information content (AvgIpc) is 3.12. The number of para-hydroxylation sites is 1. The Kier molecular flexibility index (Phi) is 4.71. The van der Waals surface area contributed by atoms with Gasteiger partial charge in [0.25, 0.3) is 0 Å². The molecule has 2 N–H and O–H groups in total. The molecule has 2 heterocycles. The number of hydrogen-bond acceptors (Lipinski definition) is 4. The molecule has 136 valence electrons. The van der Waals surface area contributed by atoms with Crippen LogP contribution >= 0.6 is 0 Å². The maximum absolute atomic E-state index is 12.5. The fourth-order valence-corrected chi connectivity index (χ4v) is 3.44. The van der Waals surface area contributed by atoms with Crippen molar-refractivity contribution in [3.63, 3.8) is 0 Å². The molecule has 28 heavy (non-hydrogen) atoms. The average molecular weight is 366 g/mol. The van der Waals surface area contributed by atoms with Crippen molar-refractivity contribution in [3.05, 3.63) is 78.2 Å². The molecule has 0 saturated carbocycles. The highest BCUT2D eigenvalue weighted by Crippen LogP contribution is 2.30. The zero-order valence-electron chi connectivity index (χ0n) is 15.2. The van der Waals surface area contributed by atoms with Crippen LogP contribution in [0.4, 0.5) is 0 Å². The third-order valence-corrected chi connectivity index (χ3v) is 4.76. The van der Waals surface area contributed by atoms with Gasteiger partial charge in [0.2, 0.25) is 5.91 Å². The van der Waals surface area contributed by atoms with E-state index in [-0.39, 0.29) is 18.9 Å². The van der Waals surface area contributed by atoms with Crippen LogP contribution in [0.5, 0.6) is 0 Å². The molecule has 4 rings (SSSR count). The number of hydrogen-bond donors (Lipinski definition) is 1. The van der Waals surface area contributed by atoms with E-state index in [1.54, 1.807) is 23.2 Å². The lowest BCUT2D eigenvalue weighted by Crippen LogP contribution is -2.14. The largest absolute Gasteiger partial charge is 0.330 e. The minimum Gasteiger partial charge on any atom is -0.330 e. The number of aromatic nitrogens is 2. The number of pyridine rings is 1. The minimum absolute atomic E-state index is 0.0847. The van der Waals surface area contributed by atoms with Crippen LogP contribution in [0.25, 0.3) is 33.3 Å². The first-order valence-corrected chi connectivity index (χ1v) is 9.01. The predicted octanol–water partition coefficient (Wildman–Crippen LogP) is 4.24. The topological polar surface area (TPSA) is 84.7 Å². The van der Waals surface area contributed by atoms with Crippen LogP contribution in [0.3, 0.4) is 0 Å². The first-order chi connectivity index (χ1) is 13.7. The minimum atomic E-state index is -0.0847. The summed E-state index contributed by atoms with van der Waals surface area (Å²) in [6, 6.07) is 17.7. The van der Waals surface area contributed by atoms with Gasteiger partial charge in [0.15, 0.2) is 0 Å². The normalized spacial score (nSPS) is 11.6. The van der Waals surface area contributed by atoms with E-state index in [4.69, 9.17) is 5.73 Å². The Morgan fingerprint density at radius 1 is 1.14 bits per heavy atom. The van der Waals surface area contributed by atoms with E-state index in [9.17, 15) is 10.1 Å². The molecule has 2 aromatic heterocycles. The van der Waals surface area contributed by atoms with Gasteiger partial charge in [-0.2, -0.15) is 5.26 Å². The van der Waals surface area contributed by atoms with E-state index in [0.29, 0.717) is 5.57 Å². The van der Waals surface area contributed by atoms with Gasteiger partial charge in [0.05, 0.1) is 17.2 Å². The standard InChI is InChI=1S/C23H18N4O/c24-10-8-23(28)27-15-21(20-6-1-2-7-22(20)27)18(13-25)12-16-4-3-5-17-14-26-11-9-19(16)17/h1-7,9,11-12,14-15H,8,10,24H2/b18-12+. The summed E-state index contributed by atoms with van der Waals surface area (Å²) in [6.07, 6.45) is 7.39. The number of nitriles is 1. The van der Waals surface area contributed by atoms with Crippen molar-refractivity contribution in [3.8, 4) is 6.07 Å². The molecular formula is C23H18N4O. The van der Waals surface area contributed by atoms with Crippen molar-refractivity contribution >= 4 is 39.2 Å². The van der Waals surface area contributed by atoms with Gasteiger partial charge < -0.3 is 5.73 Å². The van der Waals surface area contributed by atoms with E-state index >= 15 is 0 Å². The van der Waals surface area contributed by atoms with Gasteiger partial charge in [-0.3, -0.25) is 14.3 Å². The van der Waals surface area contributed by atoms with Crippen molar-refractivity contribution < 1.29 is 4.79 Å². The Bertz CT molecular complexity index is 1260. The van der Waals surface area contributed by atoms with Gasteiger partial charge in [-0.15, -0.1) is 0 Å². The highest BCUT2D eigenvalue weighted by molar-refractivity contribution is 6.06. The van der Waals surface area contributed by atoms with Crippen LogP contribution in [0.1, 0.15) is 22.3 Å². The van der Waals surface area contributed by atoms with Crippen molar-refractivity contribution in [2.24, 2.45) is 5.73 Å². The number of benzene rings is 2. The molecule has 0 aliphatic heterocycles. The first kappa shape index (κ1) is 17.7. The predicted molar refractivity (Wildman–Crippen MR) is 111 cm³/mol. The Balaban J connectivity index is 1.92. The third kappa shape index (κ3) is 3.07. The molecule has 0 aliphatic rings. The molecule has 0 atom stereocenters. The van der Waals surface area contributed by atoms with Crippen LogP contribution < -0.4 is 5.73 Å². The van der Waals surface area contributed by atoms with Gasteiger partial charge in [-0.05, 0) is 29.2 Å². The molecule has 0 bridgehead atoms. The summed E-state index contributed by atoms with van der Waals surface area (Å²) in [5, 5.41) is 12.8. The SMILES string of the molecule is N#C/C(=C\c1cccc2cnccc12)c1cn(C(=O)CCN)c2ccccc12. The number of nitrogens with zero attached hydrogens (tertiary/aromatic N) is 3. The van der Waals surface area contributed by atoms with Crippen LogP contribution in [-0.4, -0.2) is 22.0 Å². The molecule has 5 nitrogen and oxygen atoms in total. The van der Waals surface area contributed by atoms with Crippen molar-refractivity contribution in [2.75, 3.05) is 6.54 Å². The highest BCUT2D eigenvalue weighted by atomic mass is 16.2. The molecule has 0 radical (unpaired) electrons. The van der Waals surface area contributed by atoms with Crippen molar-refractivity contribution in [1.29, 1.82) is 5.26 Å². The Morgan fingerprint density at radius 3 is 2.82 bits per heavy atom. The van der Waals surface area contributed by atoms with Crippen molar-refractivity contribution in [1.82, 2.24) is 9.55 Å². The van der Waals surface area contributed by atoms with Crippen LogP contribution in [0.15, 0.2) is 67.1 Å². The van der Waals surface area contributed by atoms with E-state index in [1.807, 2.05) is 54.6 Å². The van der Waals surface area contributed by atoms with E-state index in [2.05, 4.69) is 11.1 Å². The Morgan fingerprint density at radius 2 is 2.00 bits per heavy atom. The maximum atomic E-state index is 12.5. The molecule has 0 fully saturated rings. The Hall–Kier alpha value is -3.75. The third-order valence-electron chi connectivity index (χ3n) is 4.76. The Labute approximate surface area is 162 Å². The summed E-state index contributed by atoms with van der Waals surface area (Å²) in [5.41, 5.74) is 8.50. The van der Waals surface area contributed by atoms with Crippen LogP contribution in [0, 0.1) is 11.3 Å². The van der Waals surface area contributed by atoms with E-state index in [1.165, 1.54) is 0 Å². The summed E-state index contributed by atoms with van der Waals surface area (Å²) < 4.78 is 1.59. The summed E-state index contributed by atoms with van der Waals surface area (Å²) in [5.74, 6) is -0.0847. The van der Waals surface area contributed by atoms with Gasteiger partial charge in [-0.1, -0.05) is 36.4 Å². The molecule has 5 heteroatoms. The van der Waals surface area contributed by atoms with Gasteiger partial charge in [-0.25, -0.2) is 0 Å². The molecule has 0 aliphatic carbocycles. The van der Waals surface area contributed by atoms with E-state index < -0.39 is 0 Å².